The van der Waals surface area contributed by atoms with Crippen molar-refractivity contribution in [3.8, 4) is 17.4 Å². The predicted octanol–water partition coefficient (Wildman–Crippen LogP) is 4.12. The summed E-state index contributed by atoms with van der Waals surface area (Å²) in [4.78, 5) is 11.5. The highest BCUT2D eigenvalue weighted by atomic mass is 35.5. The second-order valence-electron chi connectivity index (χ2n) is 7.43. The lowest BCUT2D eigenvalue weighted by Crippen LogP contribution is -2.40. The normalized spacial score (nSPS) is 18.7. The van der Waals surface area contributed by atoms with Gasteiger partial charge in [0.05, 0.1) is 11.4 Å². The number of aryl methyl sites for hydroxylation is 2. The minimum atomic E-state index is 0.162. The maximum Gasteiger partial charge on any atom is 0.257 e. The van der Waals surface area contributed by atoms with E-state index in [2.05, 4.69) is 21.8 Å². The number of aromatic nitrogens is 2. The van der Waals surface area contributed by atoms with Gasteiger partial charge in [0.2, 0.25) is 0 Å². The van der Waals surface area contributed by atoms with Crippen LogP contribution in [0.4, 0.5) is 0 Å². The summed E-state index contributed by atoms with van der Waals surface area (Å²) in [5.74, 6) is 2.08. The zero-order valence-corrected chi connectivity index (χ0v) is 17.3. The van der Waals surface area contributed by atoms with Crippen LogP contribution in [0.15, 0.2) is 18.2 Å². The van der Waals surface area contributed by atoms with Crippen molar-refractivity contribution in [3.05, 3.63) is 40.3 Å². The summed E-state index contributed by atoms with van der Waals surface area (Å²) in [5.41, 5.74) is 2.74. The third-order valence-corrected chi connectivity index (χ3v) is 5.85. The van der Waals surface area contributed by atoms with E-state index in [-0.39, 0.29) is 12.1 Å². The standard InChI is InChI=1S/C21H26ClN3O3/c1-13-12-19(20(22)14(2)23-13)28-16-6-8-25(9-7-16)15(3)17-4-5-18-21(24-17)27-11-10-26-18/h4-5,12,15-16H,6-11H2,1-3H3. The van der Waals surface area contributed by atoms with Gasteiger partial charge in [0.15, 0.2) is 5.75 Å². The highest BCUT2D eigenvalue weighted by molar-refractivity contribution is 6.32. The SMILES string of the molecule is Cc1cc(OC2CCN(C(C)c3ccc4c(n3)OCCO4)CC2)c(Cl)c(C)n1. The molecule has 7 heteroatoms. The molecule has 0 amide bonds. The van der Waals surface area contributed by atoms with Crippen LogP contribution in [0.1, 0.15) is 42.9 Å². The average molecular weight is 404 g/mol. The van der Waals surface area contributed by atoms with E-state index in [1.807, 2.05) is 32.0 Å². The Balaban J connectivity index is 1.37. The Bertz CT molecular complexity index is 853. The molecule has 2 aliphatic heterocycles. The van der Waals surface area contributed by atoms with Gasteiger partial charge in [-0.2, -0.15) is 0 Å². The Morgan fingerprint density at radius 2 is 1.89 bits per heavy atom. The Morgan fingerprint density at radius 1 is 1.14 bits per heavy atom. The van der Waals surface area contributed by atoms with Crippen LogP contribution in [-0.4, -0.2) is 47.3 Å². The fourth-order valence-corrected chi connectivity index (χ4v) is 3.93. The lowest BCUT2D eigenvalue weighted by Gasteiger charge is -2.36. The Hall–Kier alpha value is -2.05. The first-order valence-electron chi connectivity index (χ1n) is 9.82. The van der Waals surface area contributed by atoms with Crippen LogP contribution in [0.25, 0.3) is 0 Å². The molecule has 150 valence electrons. The quantitative estimate of drug-likeness (QED) is 0.765. The molecule has 1 atom stereocenters. The summed E-state index contributed by atoms with van der Waals surface area (Å²) >= 11 is 6.37. The van der Waals surface area contributed by atoms with Crippen LogP contribution in [0.2, 0.25) is 5.02 Å². The fourth-order valence-electron chi connectivity index (χ4n) is 3.79. The summed E-state index contributed by atoms with van der Waals surface area (Å²) in [6.45, 7) is 9.08. The summed E-state index contributed by atoms with van der Waals surface area (Å²) in [6.07, 6.45) is 2.06. The van der Waals surface area contributed by atoms with Gasteiger partial charge in [0.25, 0.3) is 5.88 Å². The van der Waals surface area contributed by atoms with Crippen molar-refractivity contribution in [2.75, 3.05) is 26.3 Å². The molecule has 2 aliphatic rings. The van der Waals surface area contributed by atoms with Crippen molar-refractivity contribution in [1.29, 1.82) is 0 Å². The molecule has 1 saturated heterocycles. The number of ether oxygens (including phenoxy) is 3. The zero-order chi connectivity index (χ0) is 19.7. The monoisotopic (exact) mass is 403 g/mol. The minimum Gasteiger partial charge on any atom is -0.489 e. The molecule has 0 aliphatic carbocycles. The van der Waals surface area contributed by atoms with Crippen molar-refractivity contribution >= 4 is 11.6 Å². The van der Waals surface area contributed by atoms with Crippen LogP contribution in [0.5, 0.6) is 17.4 Å². The number of fused-ring (bicyclic) bond motifs is 1. The topological polar surface area (TPSA) is 56.7 Å². The van der Waals surface area contributed by atoms with Crippen LogP contribution in [0.3, 0.4) is 0 Å². The van der Waals surface area contributed by atoms with Crippen molar-refractivity contribution in [3.63, 3.8) is 0 Å². The summed E-state index contributed by atoms with van der Waals surface area (Å²) in [6, 6.07) is 6.12. The first kappa shape index (κ1) is 19.3. The molecule has 0 saturated carbocycles. The molecule has 4 heterocycles. The second kappa shape index (κ2) is 8.13. The molecule has 0 bridgehead atoms. The smallest absolute Gasteiger partial charge is 0.257 e. The van der Waals surface area contributed by atoms with Crippen LogP contribution in [0, 0.1) is 13.8 Å². The van der Waals surface area contributed by atoms with Gasteiger partial charge in [0.1, 0.15) is 30.1 Å². The maximum absolute atomic E-state index is 6.37. The van der Waals surface area contributed by atoms with Crippen LogP contribution in [-0.2, 0) is 0 Å². The Morgan fingerprint density at radius 3 is 2.68 bits per heavy atom. The van der Waals surface area contributed by atoms with E-state index in [9.17, 15) is 0 Å². The molecule has 0 spiro atoms. The third kappa shape index (κ3) is 4.03. The van der Waals surface area contributed by atoms with Crippen molar-refractivity contribution in [2.24, 2.45) is 0 Å². The molecule has 6 nitrogen and oxygen atoms in total. The molecule has 2 aromatic heterocycles. The van der Waals surface area contributed by atoms with E-state index >= 15 is 0 Å². The number of pyridine rings is 2. The maximum atomic E-state index is 6.37. The molecule has 4 rings (SSSR count). The van der Waals surface area contributed by atoms with Gasteiger partial charge in [-0.1, -0.05) is 11.6 Å². The lowest BCUT2D eigenvalue weighted by molar-refractivity contribution is 0.0780. The largest absolute Gasteiger partial charge is 0.489 e. The molecular weight excluding hydrogens is 378 g/mol. The number of piperidine rings is 1. The number of rotatable bonds is 4. The van der Waals surface area contributed by atoms with Crippen molar-refractivity contribution in [1.82, 2.24) is 14.9 Å². The third-order valence-electron chi connectivity index (χ3n) is 5.39. The van der Waals surface area contributed by atoms with E-state index in [4.69, 9.17) is 25.8 Å². The molecule has 2 aromatic rings. The number of nitrogens with zero attached hydrogens (tertiary/aromatic N) is 3. The zero-order valence-electron chi connectivity index (χ0n) is 16.6. The second-order valence-corrected chi connectivity index (χ2v) is 7.80. The Kier molecular flexibility index (Phi) is 5.60. The minimum absolute atomic E-state index is 0.162. The summed E-state index contributed by atoms with van der Waals surface area (Å²) < 4.78 is 17.4. The van der Waals surface area contributed by atoms with E-state index in [0.29, 0.717) is 24.1 Å². The van der Waals surface area contributed by atoms with Crippen LogP contribution < -0.4 is 14.2 Å². The number of hydrogen-bond donors (Lipinski definition) is 0. The first-order valence-corrected chi connectivity index (χ1v) is 10.2. The van der Waals surface area contributed by atoms with Gasteiger partial charge < -0.3 is 14.2 Å². The molecule has 0 aromatic carbocycles. The van der Waals surface area contributed by atoms with Gasteiger partial charge in [-0.15, -0.1) is 0 Å². The van der Waals surface area contributed by atoms with Crippen molar-refractivity contribution < 1.29 is 14.2 Å². The number of likely N-dealkylation sites (tertiary alicyclic amines) is 1. The van der Waals surface area contributed by atoms with Gasteiger partial charge in [-0.3, -0.25) is 9.88 Å². The molecule has 1 fully saturated rings. The molecular formula is C21H26ClN3O3. The van der Waals surface area contributed by atoms with Crippen molar-refractivity contribution in [2.45, 2.75) is 45.8 Å². The van der Waals surface area contributed by atoms with Gasteiger partial charge >= 0.3 is 0 Å². The van der Waals surface area contributed by atoms with Gasteiger partial charge in [-0.25, -0.2) is 4.98 Å². The fraction of sp³-hybridized carbons (Fsp3) is 0.524. The first-order chi connectivity index (χ1) is 13.5. The molecule has 0 N–H and O–H groups in total. The lowest BCUT2D eigenvalue weighted by atomic mass is 10.0. The Labute approximate surface area is 170 Å². The molecule has 1 unspecified atom stereocenters. The summed E-state index contributed by atoms with van der Waals surface area (Å²) in [5, 5.41) is 0.613. The van der Waals surface area contributed by atoms with Crippen LogP contribution >= 0.6 is 11.6 Å². The number of halogens is 1. The van der Waals surface area contributed by atoms with E-state index in [1.54, 1.807) is 0 Å². The van der Waals surface area contributed by atoms with Gasteiger partial charge in [-0.05, 0) is 45.7 Å². The molecule has 28 heavy (non-hydrogen) atoms. The molecule has 0 radical (unpaired) electrons. The van der Waals surface area contributed by atoms with E-state index in [1.165, 1.54) is 0 Å². The number of hydrogen-bond acceptors (Lipinski definition) is 6. The highest BCUT2D eigenvalue weighted by Gasteiger charge is 2.27. The highest BCUT2D eigenvalue weighted by Crippen LogP contribution is 2.33. The van der Waals surface area contributed by atoms with Gasteiger partial charge in [0, 0.05) is 30.9 Å². The predicted molar refractivity (Wildman–Crippen MR) is 108 cm³/mol. The average Bonchev–Trinajstić information content (AvgIpc) is 2.71. The van der Waals surface area contributed by atoms with E-state index < -0.39 is 0 Å². The summed E-state index contributed by atoms with van der Waals surface area (Å²) in [7, 11) is 0. The van der Waals surface area contributed by atoms with E-state index in [0.717, 1.165) is 54.5 Å².